The normalized spacial score (nSPS) is 10.3. The van der Waals surface area contributed by atoms with E-state index in [0.29, 0.717) is 12.2 Å². The molecule has 3 heteroatoms. The van der Waals surface area contributed by atoms with Crippen molar-refractivity contribution in [2.75, 3.05) is 7.11 Å². The summed E-state index contributed by atoms with van der Waals surface area (Å²) in [5.74, 6) is 0.764. The summed E-state index contributed by atoms with van der Waals surface area (Å²) in [6, 6.07) is 7.55. The molecular formula is C11H9NO2. The second-order valence-corrected chi connectivity index (χ2v) is 3.01. The van der Waals surface area contributed by atoms with E-state index in [4.69, 9.17) is 14.4 Å². The van der Waals surface area contributed by atoms with Crippen LogP contribution in [0.4, 0.5) is 0 Å². The molecule has 1 aromatic heterocycles. The summed E-state index contributed by atoms with van der Waals surface area (Å²) >= 11 is 0. The maximum atomic E-state index is 8.74. The molecule has 0 fully saturated rings. The first-order chi connectivity index (χ1) is 6.85. The minimum absolute atomic E-state index is 0.429. The van der Waals surface area contributed by atoms with Gasteiger partial charge in [-0.25, -0.2) is 0 Å². The van der Waals surface area contributed by atoms with E-state index in [9.17, 15) is 0 Å². The van der Waals surface area contributed by atoms with Crippen LogP contribution in [0.25, 0.3) is 10.8 Å². The molecule has 70 valence electrons. The van der Waals surface area contributed by atoms with Gasteiger partial charge in [0.25, 0.3) is 0 Å². The summed E-state index contributed by atoms with van der Waals surface area (Å²) in [6.07, 6.45) is 1.67. The number of hydrogen-bond donors (Lipinski definition) is 0. The van der Waals surface area contributed by atoms with Gasteiger partial charge in [-0.1, -0.05) is 0 Å². The van der Waals surface area contributed by atoms with Crippen molar-refractivity contribution in [1.82, 2.24) is 0 Å². The number of fused-ring (bicyclic) bond motifs is 1. The first kappa shape index (κ1) is 8.79. The van der Waals surface area contributed by atoms with E-state index in [2.05, 4.69) is 6.07 Å². The average Bonchev–Trinajstić information content (AvgIpc) is 2.61. The quantitative estimate of drug-likeness (QED) is 0.725. The molecule has 0 saturated carbocycles. The summed E-state index contributed by atoms with van der Waals surface area (Å²) in [7, 11) is 1.61. The Labute approximate surface area is 81.5 Å². The number of benzene rings is 1. The van der Waals surface area contributed by atoms with E-state index in [0.717, 1.165) is 16.5 Å². The largest absolute Gasteiger partial charge is 0.466 e. The van der Waals surface area contributed by atoms with Crippen molar-refractivity contribution in [2.24, 2.45) is 0 Å². The molecule has 0 spiro atoms. The van der Waals surface area contributed by atoms with Crippen LogP contribution in [0.3, 0.4) is 0 Å². The van der Waals surface area contributed by atoms with Gasteiger partial charge in [0.05, 0.1) is 17.9 Å². The Morgan fingerprint density at radius 3 is 3.07 bits per heavy atom. The van der Waals surface area contributed by atoms with E-state index >= 15 is 0 Å². The number of nitriles is 1. The highest BCUT2D eigenvalue weighted by atomic mass is 16.5. The molecule has 0 aliphatic heterocycles. The Hall–Kier alpha value is -1.79. The number of methoxy groups -OCH3 is 1. The van der Waals surface area contributed by atoms with Crippen LogP contribution in [0.5, 0.6) is 0 Å². The van der Waals surface area contributed by atoms with Crippen molar-refractivity contribution >= 4 is 10.8 Å². The fourth-order valence-electron chi connectivity index (χ4n) is 1.41. The second kappa shape index (κ2) is 3.52. The molecular weight excluding hydrogens is 178 g/mol. The molecule has 2 rings (SSSR count). The lowest BCUT2D eigenvalue weighted by atomic mass is 10.1. The molecule has 0 atom stereocenters. The van der Waals surface area contributed by atoms with Gasteiger partial charge in [-0.15, -0.1) is 0 Å². The topological polar surface area (TPSA) is 46.2 Å². The lowest BCUT2D eigenvalue weighted by molar-refractivity contribution is 0.166. The van der Waals surface area contributed by atoms with Gasteiger partial charge in [0, 0.05) is 17.9 Å². The molecule has 1 aromatic carbocycles. The Bertz CT molecular complexity index is 493. The highest BCUT2D eigenvalue weighted by Crippen LogP contribution is 2.22. The molecule has 1 heterocycles. The first-order valence-electron chi connectivity index (χ1n) is 4.24. The summed E-state index contributed by atoms with van der Waals surface area (Å²) in [5, 5.41) is 10.7. The number of ether oxygens (including phenoxy) is 1. The van der Waals surface area contributed by atoms with Crippen molar-refractivity contribution in [3.05, 3.63) is 35.8 Å². The molecule has 0 aliphatic rings. The second-order valence-electron chi connectivity index (χ2n) is 3.01. The molecule has 14 heavy (non-hydrogen) atoms. The van der Waals surface area contributed by atoms with Gasteiger partial charge in [0.1, 0.15) is 12.4 Å². The Morgan fingerprint density at radius 1 is 1.50 bits per heavy atom. The van der Waals surface area contributed by atoms with Crippen LogP contribution in [0.2, 0.25) is 0 Å². The molecule has 2 aromatic rings. The first-order valence-corrected chi connectivity index (χ1v) is 4.24. The molecule has 0 aliphatic carbocycles. The molecule has 0 N–H and O–H groups in total. The third kappa shape index (κ3) is 1.36. The molecule has 0 saturated heterocycles. The number of rotatable bonds is 2. The van der Waals surface area contributed by atoms with Gasteiger partial charge >= 0.3 is 0 Å². The van der Waals surface area contributed by atoms with Gasteiger partial charge < -0.3 is 9.15 Å². The van der Waals surface area contributed by atoms with Gasteiger partial charge in [0.2, 0.25) is 0 Å². The summed E-state index contributed by atoms with van der Waals surface area (Å²) < 4.78 is 10.3. The molecule has 0 amide bonds. The summed E-state index contributed by atoms with van der Waals surface area (Å²) in [6.45, 7) is 0.429. The minimum Gasteiger partial charge on any atom is -0.466 e. The van der Waals surface area contributed by atoms with E-state index in [1.54, 1.807) is 19.4 Å². The van der Waals surface area contributed by atoms with Gasteiger partial charge in [-0.3, -0.25) is 0 Å². The van der Waals surface area contributed by atoms with Gasteiger partial charge in [0.15, 0.2) is 0 Å². The molecule has 0 unspecified atom stereocenters. The number of hydrogen-bond acceptors (Lipinski definition) is 3. The van der Waals surface area contributed by atoms with E-state index in [-0.39, 0.29) is 0 Å². The van der Waals surface area contributed by atoms with Crippen LogP contribution in [0, 0.1) is 11.3 Å². The average molecular weight is 187 g/mol. The number of furan rings is 1. The molecule has 3 nitrogen and oxygen atoms in total. The summed E-state index contributed by atoms with van der Waals surface area (Å²) in [5.41, 5.74) is 0.635. The smallest absolute Gasteiger partial charge is 0.137 e. The van der Waals surface area contributed by atoms with E-state index in [1.807, 2.05) is 12.1 Å². The van der Waals surface area contributed by atoms with E-state index in [1.165, 1.54) is 0 Å². The highest BCUT2D eigenvalue weighted by molar-refractivity contribution is 5.85. The molecule has 0 radical (unpaired) electrons. The van der Waals surface area contributed by atoms with Crippen LogP contribution >= 0.6 is 0 Å². The fraction of sp³-hybridized carbons (Fsp3) is 0.182. The monoisotopic (exact) mass is 187 g/mol. The lowest BCUT2D eigenvalue weighted by Gasteiger charge is -1.95. The van der Waals surface area contributed by atoms with Crippen LogP contribution in [-0.2, 0) is 11.3 Å². The SMILES string of the molecule is COCc1occ2ccc(C#N)cc12. The van der Waals surface area contributed by atoms with Crippen LogP contribution < -0.4 is 0 Å². The van der Waals surface area contributed by atoms with Crippen LogP contribution in [-0.4, -0.2) is 7.11 Å². The van der Waals surface area contributed by atoms with Gasteiger partial charge in [-0.2, -0.15) is 5.26 Å². The summed E-state index contributed by atoms with van der Waals surface area (Å²) in [4.78, 5) is 0. The van der Waals surface area contributed by atoms with Crippen molar-refractivity contribution < 1.29 is 9.15 Å². The molecule has 0 bridgehead atoms. The third-order valence-corrected chi connectivity index (χ3v) is 2.09. The Balaban J connectivity index is 2.59. The van der Waals surface area contributed by atoms with Crippen LogP contribution in [0.15, 0.2) is 28.9 Å². The third-order valence-electron chi connectivity index (χ3n) is 2.09. The zero-order chi connectivity index (χ0) is 9.97. The van der Waals surface area contributed by atoms with Crippen molar-refractivity contribution in [3.8, 4) is 6.07 Å². The van der Waals surface area contributed by atoms with E-state index < -0.39 is 0 Å². The fourth-order valence-corrected chi connectivity index (χ4v) is 1.41. The minimum atomic E-state index is 0.429. The highest BCUT2D eigenvalue weighted by Gasteiger charge is 2.06. The maximum Gasteiger partial charge on any atom is 0.137 e. The zero-order valence-corrected chi connectivity index (χ0v) is 7.78. The predicted octanol–water partition coefficient (Wildman–Crippen LogP) is 2.45. The Morgan fingerprint density at radius 2 is 2.36 bits per heavy atom. The standard InChI is InChI=1S/C11H9NO2/c1-13-7-11-10-4-8(5-12)2-3-9(10)6-14-11/h2-4,6H,7H2,1H3. The van der Waals surface area contributed by atoms with Crippen molar-refractivity contribution in [1.29, 1.82) is 5.26 Å². The van der Waals surface area contributed by atoms with Crippen LogP contribution in [0.1, 0.15) is 11.3 Å². The number of nitrogens with zero attached hydrogens (tertiary/aromatic N) is 1. The van der Waals surface area contributed by atoms with Gasteiger partial charge in [-0.05, 0) is 18.2 Å². The van der Waals surface area contributed by atoms with Crippen molar-refractivity contribution in [2.45, 2.75) is 6.61 Å². The van der Waals surface area contributed by atoms with Crippen molar-refractivity contribution in [3.63, 3.8) is 0 Å². The predicted molar refractivity (Wildman–Crippen MR) is 51.6 cm³/mol. The lowest BCUT2D eigenvalue weighted by Crippen LogP contribution is -1.84. The maximum absolute atomic E-state index is 8.74. The zero-order valence-electron chi connectivity index (χ0n) is 7.78. The Kier molecular flexibility index (Phi) is 2.21.